The number of benzene rings is 2. The summed E-state index contributed by atoms with van der Waals surface area (Å²) < 4.78 is 0. The molecule has 0 unspecified atom stereocenters. The Hall–Kier alpha value is -1.80. The van der Waals surface area contributed by atoms with E-state index in [1.165, 1.54) is 22.5 Å². The second-order valence-corrected chi connectivity index (χ2v) is 5.19. The summed E-state index contributed by atoms with van der Waals surface area (Å²) in [6, 6.07) is 17.4. The number of nitrogens with zero attached hydrogens (tertiary/aromatic N) is 1. The summed E-state index contributed by atoms with van der Waals surface area (Å²) in [4.78, 5) is 2.20. The molecule has 0 saturated heterocycles. The van der Waals surface area contributed by atoms with Crippen molar-refractivity contribution in [1.82, 2.24) is 0 Å². The first kappa shape index (κ1) is 14.6. The topological polar surface area (TPSA) is 29.3 Å². The first-order valence-electron chi connectivity index (χ1n) is 7.34. The van der Waals surface area contributed by atoms with Crippen molar-refractivity contribution >= 4 is 11.4 Å². The Balaban J connectivity index is 2.17. The fourth-order valence-electron chi connectivity index (χ4n) is 2.29. The van der Waals surface area contributed by atoms with E-state index in [0.29, 0.717) is 0 Å². The van der Waals surface area contributed by atoms with Gasteiger partial charge in [-0.1, -0.05) is 38.1 Å². The Morgan fingerprint density at radius 1 is 0.900 bits per heavy atom. The molecule has 0 heterocycles. The second kappa shape index (κ2) is 6.58. The molecule has 1 atom stereocenters. The van der Waals surface area contributed by atoms with Crippen molar-refractivity contribution in [3.63, 3.8) is 0 Å². The summed E-state index contributed by atoms with van der Waals surface area (Å²) >= 11 is 0. The normalized spacial score (nSPS) is 12.2. The van der Waals surface area contributed by atoms with Crippen LogP contribution >= 0.6 is 0 Å². The molecule has 0 amide bonds. The quantitative estimate of drug-likeness (QED) is 0.869. The summed E-state index contributed by atoms with van der Waals surface area (Å²) in [5, 5.41) is 0. The maximum absolute atomic E-state index is 6.05. The molecule has 0 aliphatic rings. The molecule has 0 spiro atoms. The van der Waals surface area contributed by atoms with Crippen LogP contribution in [0.2, 0.25) is 0 Å². The lowest BCUT2D eigenvalue weighted by molar-refractivity contribution is 0.699. The van der Waals surface area contributed by atoms with Crippen LogP contribution in [0.5, 0.6) is 0 Å². The zero-order chi connectivity index (χ0) is 14.5. The number of nitrogens with two attached hydrogens (primary N) is 1. The van der Waals surface area contributed by atoms with Gasteiger partial charge < -0.3 is 10.6 Å². The van der Waals surface area contributed by atoms with Gasteiger partial charge in [0.25, 0.3) is 0 Å². The van der Waals surface area contributed by atoms with Crippen molar-refractivity contribution in [1.29, 1.82) is 0 Å². The predicted octanol–water partition coefficient (Wildman–Crippen LogP) is 4.43. The molecule has 2 rings (SSSR count). The highest BCUT2D eigenvalue weighted by Crippen LogP contribution is 2.25. The van der Waals surface area contributed by atoms with Gasteiger partial charge in [0, 0.05) is 24.5 Å². The molecule has 0 saturated carbocycles. The maximum Gasteiger partial charge on any atom is 0.0408 e. The lowest BCUT2D eigenvalue weighted by atomic mass is 10.0. The van der Waals surface area contributed by atoms with Crippen LogP contribution in [0.1, 0.15) is 37.4 Å². The molecule has 0 bridgehead atoms. The van der Waals surface area contributed by atoms with Crippen LogP contribution in [0.4, 0.5) is 11.4 Å². The van der Waals surface area contributed by atoms with E-state index in [0.717, 1.165) is 12.8 Å². The first-order valence-corrected chi connectivity index (χ1v) is 7.34. The smallest absolute Gasteiger partial charge is 0.0408 e. The van der Waals surface area contributed by atoms with Gasteiger partial charge in [0.1, 0.15) is 0 Å². The van der Waals surface area contributed by atoms with Gasteiger partial charge in [0.15, 0.2) is 0 Å². The Labute approximate surface area is 122 Å². The molecule has 0 aliphatic carbocycles. The third-order valence-corrected chi connectivity index (χ3v) is 3.88. The van der Waals surface area contributed by atoms with Crippen LogP contribution in [0.25, 0.3) is 0 Å². The van der Waals surface area contributed by atoms with Crippen molar-refractivity contribution in [3.8, 4) is 0 Å². The highest BCUT2D eigenvalue weighted by Gasteiger charge is 2.06. The second-order valence-electron chi connectivity index (χ2n) is 5.19. The van der Waals surface area contributed by atoms with E-state index >= 15 is 0 Å². The summed E-state index contributed by atoms with van der Waals surface area (Å²) in [5.41, 5.74) is 11.0. The molecule has 2 aromatic carbocycles. The van der Waals surface area contributed by atoms with E-state index in [1.807, 2.05) is 0 Å². The zero-order valence-electron chi connectivity index (χ0n) is 12.6. The van der Waals surface area contributed by atoms with Gasteiger partial charge >= 0.3 is 0 Å². The minimum atomic E-state index is 0.137. The van der Waals surface area contributed by atoms with Crippen LogP contribution in [0, 0.1) is 0 Å². The van der Waals surface area contributed by atoms with Crippen molar-refractivity contribution in [3.05, 3.63) is 59.7 Å². The van der Waals surface area contributed by atoms with E-state index in [4.69, 9.17) is 5.73 Å². The van der Waals surface area contributed by atoms with E-state index in [9.17, 15) is 0 Å². The highest BCUT2D eigenvalue weighted by molar-refractivity contribution is 5.62. The highest BCUT2D eigenvalue weighted by atomic mass is 15.1. The average molecular weight is 268 g/mol. The maximum atomic E-state index is 6.05. The van der Waals surface area contributed by atoms with E-state index in [-0.39, 0.29) is 6.04 Å². The summed E-state index contributed by atoms with van der Waals surface area (Å²) in [5.74, 6) is 0. The van der Waals surface area contributed by atoms with Gasteiger partial charge in [-0.25, -0.2) is 0 Å². The van der Waals surface area contributed by atoms with Gasteiger partial charge in [-0.05, 0) is 48.2 Å². The molecule has 2 nitrogen and oxygen atoms in total. The standard InChI is InChI=1S/C18H24N2/c1-4-14-6-10-16(11-7-14)20(3)17-12-8-15(9-13-17)18(19)5-2/h6-13,18H,4-5,19H2,1-3H3/t18-/m1/s1. The van der Waals surface area contributed by atoms with E-state index in [2.05, 4.69) is 74.3 Å². The molecule has 2 aromatic rings. The SMILES string of the molecule is CCc1ccc(N(C)c2ccc([C@H](N)CC)cc2)cc1. The molecule has 0 aromatic heterocycles. The van der Waals surface area contributed by atoms with Gasteiger partial charge in [0.05, 0.1) is 0 Å². The lowest BCUT2D eigenvalue weighted by Gasteiger charge is -2.20. The number of rotatable bonds is 5. The van der Waals surface area contributed by atoms with Gasteiger partial charge in [-0.2, -0.15) is 0 Å². The fourth-order valence-corrected chi connectivity index (χ4v) is 2.29. The molecular weight excluding hydrogens is 244 g/mol. The van der Waals surface area contributed by atoms with Crippen LogP contribution in [-0.2, 0) is 6.42 Å². The molecule has 2 heteroatoms. The van der Waals surface area contributed by atoms with Gasteiger partial charge in [0.2, 0.25) is 0 Å². The molecular formula is C18H24N2. The minimum absolute atomic E-state index is 0.137. The summed E-state index contributed by atoms with van der Waals surface area (Å²) in [6.07, 6.45) is 2.04. The van der Waals surface area contributed by atoms with Crippen LogP contribution in [0.3, 0.4) is 0 Å². The van der Waals surface area contributed by atoms with E-state index < -0.39 is 0 Å². The van der Waals surface area contributed by atoms with E-state index in [1.54, 1.807) is 0 Å². The third kappa shape index (κ3) is 3.20. The Kier molecular flexibility index (Phi) is 4.80. The monoisotopic (exact) mass is 268 g/mol. The minimum Gasteiger partial charge on any atom is -0.345 e. The van der Waals surface area contributed by atoms with Gasteiger partial charge in [-0.15, -0.1) is 0 Å². The van der Waals surface area contributed by atoms with Crippen LogP contribution < -0.4 is 10.6 Å². The molecule has 0 radical (unpaired) electrons. The molecule has 106 valence electrons. The Morgan fingerprint density at radius 2 is 1.40 bits per heavy atom. The molecule has 2 N–H and O–H groups in total. The number of anilines is 2. The Bertz CT molecular complexity index is 528. The third-order valence-electron chi connectivity index (χ3n) is 3.88. The molecule has 0 aliphatic heterocycles. The van der Waals surface area contributed by atoms with Crippen molar-refractivity contribution in [2.75, 3.05) is 11.9 Å². The molecule has 20 heavy (non-hydrogen) atoms. The molecule has 0 fully saturated rings. The Morgan fingerprint density at radius 3 is 1.85 bits per heavy atom. The van der Waals surface area contributed by atoms with Crippen LogP contribution in [0.15, 0.2) is 48.5 Å². The summed E-state index contributed by atoms with van der Waals surface area (Å²) in [7, 11) is 2.09. The largest absolute Gasteiger partial charge is 0.345 e. The average Bonchev–Trinajstić information content (AvgIpc) is 2.53. The first-order chi connectivity index (χ1) is 9.65. The van der Waals surface area contributed by atoms with Gasteiger partial charge in [-0.3, -0.25) is 0 Å². The van der Waals surface area contributed by atoms with Crippen molar-refractivity contribution in [2.24, 2.45) is 5.73 Å². The van der Waals surface area contributed by atoms with Crippen molar-refractivity contribution in [2.45, 2.75) is 32.7 Å². The number of hydrogen-bond donors (Lipinski definition) is 1. The fraction of sp³-hybridized carbons (Fsp3) is 0.333. The number of aryl methyl sites for hydroxylation is 1. The van der Waals surface area contributed by atoms with Crippen molar-refractivity contribution < 1.29 is 0 Å². The summed E-state index contributed by atoms with van der Waals surface area (Å²) in [6.45, 7) is 4.29. The number of hydrogen-bond acceptors (Lipinski definition) is 2. The lowest BCUT2D eigenvalue weighted by Crippen LogP contribution is -2.11. The predicted molar refractivity (Wildman–Crippen MR) is 87.5 cm³/mol. The zero-order valence-corrected chi connectivity index (χ0v) is 12.6. The van der Waals surface area contributed by atoms with Crippen LogP contribution in [-0.4, -0.2) is 7.05 Å².